The van der Waals surface area contributed by atoms with Crippen molar-refractivity contribution in [2.75, 3.05) is 18.9 Å². The van der Waals surface area contributed by atoms with Crippen LogP contribution in [-0.2, 0) is 6.54 Å². The van der Waals surface area contributed by atoms with E-state index in [0.29, 0.717) is 15.7 Å². The van der Waals surface area contributed by atoms with Crippen LogP contribution < -0.4 is 5.32 Å². The lowest BCUT2D eigenvalue weighted by atomic mass is 10.1. The summed E-state index contributed by atoms with van der Waals surface area (Å²) in [5.41, 5.74) is 2.26. The predicted octanol–water partition coefficient (Wildman–Crippen LogP) is 6.56. The van der Waals surface area contributed by atoms with E-state index in [1.165, 1.54) is 11.3 Å². The Hall–Kier alpha value is -2.32. The van der Waals surface area contributed by atoms with Gasteiger partial charge in [0.15, 0.2) is 5.13 Å². The number of thiazole rings is 1. The van der Waals surface area contributed by atoms with E-state index in [1.807, 2.05) is 41.8 Å². The van der Waals surface area contributed by atoms with E-state index < -0.39 is 0 Å². The molecule has 160 valence electrons. The zero-order chi connectivity index (χ0) is 21.8. The second-order valence-corrected chi connectivity index (χ2v) is 9.81. The number of nitrogens with zero attached hydrogens (tertiary/aromatic N) is 3. The van der Waals surface area contributed by atoms with E-state index in [1.54, 1.807) is 17.5 Å². The number of hydrogen-bond donors (Lipinski definition) is 1. The number of anilines is 1. The molecule has 1 amide bonds. The summed E-state index contributed by atoms with van der Waals surface area (Å²) in [6.07, 6.45) is 3.90. The van der Waals surface area contributed by atoms with Gasteiger partial charge in [0.25, 0.3) is 5.91 Å². The number of carbonyl (C=O) groups is 1. The first kappa shape index (κ1) is 21.9. The third-order valence-corrected chi connectivity index (χ3v) is 7.12. The molecule has 0 aliphatic carbocycles. The molecule has 1 aromatic carbocycles. The molecule has 0 saturated heterocycles. The molecule has 4 aromatic rings. The van der Waals surface area contributed by atoms with Gasteiger partial charge in [-0.2, -0.15) is 0 Å². The number of para-hydroxylation sites is 1. The Kier molecular flexibility index (Phi) is 6.97. The van der Waals surface area contributed by atoms with Crippen molar-refractivity contribution < 1.29 is 4.79 Å². The van der Waals surface area contributed by atoms with Gasteiger partial charge in [-0.05, 0) is 38.2 Å². The number of fused-ring (bicyclic) bond motifs is 1. The summed E-state index contributed by atoms with van der Waals surface area (Å²) in [6, 6.07) is 11.5. The standard InChI is InChI=1S/C23H23ClN4OS2/c1-3-4-9-28(2)13-20-21(19-11-17(24)14-30-19)26-23(31-20)27-22(29)16-10-15-7-5-6-8-18(15)25-12-16/h5-8,10-12,14H,3-4,9,13H2,1-2H3,(H,26,27,29). The lowest BCUT2D eigenvalue weighted by Crippen LogP contribution is -2.18. The number of halogens is 1. The SMILES string of the molecule is CCCCN(C)Cc1sc(NC(=O)c2cnc3ccccc3c2)nc1-c1cc(Cl)cs1. The molecule has 4 rings (SSSR count). The fraction of sp³-hybridized carbons (Fsp3) is 0.261. The van der Waals surface area contributed by atoms with Gasteiger partial charge in [0.1, 0.15) is 0 Å². The van der Waals surface area contributed by atoms with Gasteiger partial charge in [-0.25, -0.2) is 4.98 Å². The average Bonchev–Trinajstić information content (AvgIpc) is 3.37. The number of benzene rings is 1. The van der Waals surface area contributed by atoms with Crippen LogP contribution in [0.4, 0.5) is 5.13 Å². The number of aromatic nitrogens is 2. The lowest BCUT2D eigenvalue weighted by molar-refractivity contribution is 0.102. The van der Waals surface area contributed by atoms with Gasteiger partial charge in [0.2, 0.25) is 0 Å². The van der Waals surface area contributed by atoms with Crippen LogP contribution in [0.1, 0.15) is 35.0 Å². The monoisotopic (exact) mass is 470 g/mol. The fourth-order valence-electron chi connectivity index (χ4n) is 3.26. The van der Waals surface area contributed by atoms with Crippen molar-refractivity contribution in [3.8, 4) is 10.6 Å². The minimum Gasteiger partial charge on any atom is -0.301 e. The highest BCUT2D eigenvalue weighted by atomic mass is 35.5. The largest absolute Gasteiger partial charge is 0.301 e. The van der Waals surface area contributed by atoms with Crippen molar-refractivity contribution in [2.45, 2.75) is 26.3 Å². The van der Waals surface area contributed by atoms with Crippen molar-refractivity contribution >= 4 is 56.2 Å². The number of rotatable bonds is 8. The normalized spacial score (nSPS) is 11.4. The molecule has 8 heteroatoms. The van der Waals surface area contributed by atoms with Crippen molar-refractivity contribution in [3.63, 3.8) is 0 Å². The molecule has 0 fully saturated rings. The molecule has 0 bridgehead atoms. The van der Waals surface area contributed by atoms with Crippen LogP contribution in [0.3, 0.4) is 0 Å². The molecule has 0 unspecified atom stereocenters. The summed E-state index contributed by atoms with van der Waals surface area (Å²) in [7, 11) is 2.11. The maximum absolute atomic E-state index is 12.9. The van der Waals surface area contributed by atoms with E-state index in [2.05, 4.69) is 29.2 Å². The molecule has 1 N–H and O–H groups in total. The molecular formula is C23H23ClN4OS2. The van der Waals surface area contributed by atoms with Gasteiger partial charge in [-0.1, -0.05) is 54.5 Å². The number of thiophene rings is 1. The highest BCUT2D eigenvalue weighted by molar-refractivity contribution is 7.17. The molecule has 0 atom stereocenters. The molecule has 0 saturated carbocycles. The Balaban J connectivity index is 1.58. The first-order valence-corrected chi connectivity index (χ1v) is 12.2. The number of amides is 1. The van der Waals surface area contributed by atoms with Gasteiger partial charge in [-0.15, -0.1) is 11.3 Å². The average molecular weight is 471 g/mol. The third-order valence-electron chi connectivity index (χ3n) is 4.88. The molecular weight excluding hydrogens is 448 g/mol. The van der Waals surface area contributed by atoms with Gasteiger partial charge in [-0.3, -0.25) is 15.1 Å². The molecule has 3 heterocycles. The van der Waals surface area contributed by atoms with E-state index in [4.69, 9.17) is 16.6 Å². The maximum Gasteiger partial charge on any atom is 0.259 e. The van der Waals surface area contributed by atoms with Crippen molar-refractivity contribution in [1.82, 2.24) is 14.9 Å². The molecule has 3 aromatic heterocycles. The summed E-state index contributed by atoms with van der Waals surface area (Å²) in [4.78, 5) is 26.4. The molecule has 5 nitrogen and oxygen atoms in total. The molecule has 0 radical (unpaired) electrons. The highest BCUT2D eigenvalue weighted by Gasteiger charge is 2.18. The number of unbranched alkanes of at least 4 members (excludes halogenated alkanes) is 1. The van der Waals surface area contributed by atoms with Crippen LogP contribution in [0.5, 0.6) is 0 Å². The Morgan fingerprint density at radius 1 is 1.26 bits per heavy atom. The third kappa shape index (κ3) is 5.30. The Morgan fingerprint density at radius 2 is 2.10 bits per heavy atom. The number of hydrogen-bond acceptors (Lipinski definition) is 6. The summed E-state index contributed by atoms with van der Waals surface area (Å²) in [6.45, 7) is 3.98. The highest BCUT2D eigenvalue weighted by Crippen LogP contribution is 2.36. The van der Waals surface area contributed by atoms with Crippen LogP contribution in [0.2, 0.25) is 5.02 Å². The summed E-state index contributed by atoms with van der Waals surface area (Å²) in [5, 5.41) is 7.07. The number of nitrogens with one attached hydrogen (secondary N) is 1. The van der Waals surface area contributed by atoms with Crippen LogP contribution >= 0.6 is 34.3 Å². The summed E-state index contributed by atoms with van der Waals surface area (Å²) >= 11 is 9.23. The minimum atomic E-state index is -0.214. The van der Waals surface area contributed by atoms with E-state index in [9.17, 15) is 4.79 Å². The van der Waals surface area contributed by atoms with Crippen LogP contribution in [0.25, 0.3) is 21.5 Å². The maximum atomic E-state index is 12.9. The Labute approximate surface area is 194 Å². The van der Waals surface area contributed by atoms with Gasteiger partial charge in [0, 0.05) is 28.4 Å². The molecule has 0 spiro atoms. The zero-order valence-corrected chi connectivity index (χ0v) is 19.8. The van der Waals surface area contributed by atoms with Gasteiger partial charge in [0.05, 0.1) is 26.7 Å². The first-order valence-electron chi connectivity index (χ1n) is 10.1. The minimum absolute atomic E-state index is 0.214. The number of carbonyl (C=O) groups excluding carboxylic acids is 1. The van der Waals surface area contributed by atoms with Crippen molar-refractivity contribution in [1.29, 1.82) is 0 Å². The van der Waals surface area contributed by atoms with Crippen molar-refractivity contribution in [3.05, 3.63) is 63.4 Å². The summed E-state index contributed by atoms with van der Waals surface area (Å²) < 4.78 is 0. The molecule has 0 aliphatic heterocycles. The lowest BCUT2D eigenvalue weighted by Gasteiger charge is -2.15. The van der Waals surface area contributed by atoms with E-state index >= 15 is 0 Å². The first-order chi connectivity index (χ1) is 15.0. The zero-order valence-electron chi connectivity index (χ0n) is 17.4. The van der Waals surface area contributed by atoms with Crippen LogP contribution in [0.15, 0.2) is 48.0 Å². The second kappa shape index (κ2) is 9.87. The van der Waals surface area contributed by atoms with Gasteiger partial charge < -0.3 is 4.90 Å². The van der Waals surface area contributed by atoms with E-state index in [0.717, 1.165) is 52.3 Å². The van der Waals surface area contributed by atoms with Crippen molar-refractivity contribution in [2.24, 2.45) is 0 Å². The van der Waals surface area contributed by atoms with Crippen LogP contribution in [-0.4, -0.2) is 34.4 Å². The van der Waals surface area contributed by atoms with E-state index in [-0.39, 0.29) is 5.91 Å². The van der Waals surface area contributed by atoms with Gasteiger partial charge >= 0.3 is 0 Å². The number of pyridine rings is 1. The van der Waals surface area contributed by atoms with Crippen LogP contribution in [0, 0.1) is 0 Å². The second-order valence-electron chi connectivity index (χ2n) is 7.38. The Morgan fingerprint density at radius 3 is 2.87 bits per heavy atom. The molecule has 31 heavy (non-hydrogen) atoms. The summed E-state index contributed by atoms with van der Waals surface area (Å²) in [5.74, 6) is -0.214. The Bertz CT molecular complexity index is 1200. The molecule has 0 aliphatic rings. The topological polar surface area (TPSA) is 58.1 Å². The smallest absolute Gasteiger partial charge is 0.259 e. The fourth-order valence-corrected chi connectivity index (χ4v) is 5.47. The predicted molar refractivity (Wildman–Crippen MR) is 131 cm³/mol. The quantitative estimate of drug-likeness (QED) is 0.317.